The summed E-state index contributed by atoms with van der Waals surface area (Å²) >= 11 is 0. The van der Waals surface area contributed by atoms with Gasteiger partial charge in [0.2, 0.25) is 0 Å². The SMILES string of the molecule is Cc1ncnc(N2CCC(CN)CC2)c1C#Cc1ccc(N)nc1. The molecule has 2 aromatic heterocycles. The van der Waals surface area contributed by atoms with Gasteiger partial charge in [0.25, 0.3) is 0 Å². The minimum atomic E-state index is 0.489. The van der Waals surface area contributed by atoms with Crippen LogP contribution in [0.1, 0.15) is 29.7 Å². The highest BCUT2D eigenvalue weighted by molar-refractivity contribution is 5.59. The number of aryl methyl sites for hydroxylation is 1. The van der Waals surface area contributed by atoms with Gasteiger partial charge in [-0.05, 0) is 44.4 Å². The third-order valence-electron chi connectivity index (χ3n) is 4.38. The first kappa shape index (κ1) is 16.2. The molecule has 1 aliphatic rings. The highest BCUT2D eigenvalue weighted by Crippen LogP contribution is 2.24. The fourth-order valence-corrected chi connectivity index (χ4v) is 2.84. The topological polar surface area (TPSA) is 94.0 Å². The maximum atomic E-state index is 5.78. The molecule has 124 valence electrons. The van der Waals surface area contributed by atoms with E-state index in [2.05, 4.69) is 31.7 Å². The summed E-state index contributed by atoms with van der Waals surface area (Å²) in [6.07, 6.45) is 5.46. The van der Waals surface area contributed by atoms with E-state index in [-0.39, 0.29) is 0 Å². The number of rotatable bonds is 2. The van der Waals surface area contributed by atoms with Crippen LogP contribution < -0.4 is 16.4 Å². The van der Waals surface area contributed by atoms with Crippen LogP contribution in [0.25, 0.3) is 0 Å². The Morgan fingerprint density at radius 3 is 2.62 bits per heavy atom. The van der Waals surface area contributed by atoms with Gasteiger partial charge < -0.3 is 16.4 Å². The van der Waals surface area contributed by atoms with Crippen molar-refractivity contribution in [2.45, 2.75) is 19.8 Å². The van der Waals surface area contributed by atoms with Gasteiger partial charge in [-0.15, -0.1) is 0 Å². The number of hydrogen-bond donors (Lipinski definition) is 2. The number of hydrogen-bond acceptors (Lipinski definition) is 6. The van der Waals surface area contributed by atoms with Crippen molar-refractivity contribution >= 4 is 11.6 Å². The van der Waals surface area contributed by atoms with Crippen molar-refractivity contribution in [1.29, 1.82) is 0 Å². The lowest BCUT2D eigenvalue weighted by Crippen LogP contribution is -2.37. The Morgan fingerprint density at radius 1 is 1.17 bits per heavy atom. The van der Waals surface area contributed by atoms with Gasteiger partial charge >= 0.3 is 0 Å². The third kappa shape index (κ3) is 3.63. The van der Waals surface area contributed by atoms with Gasteiger partial charge in [-0.3, -0.25) is 0 Å². The molecule has 0 spiro atoms. The third-order valence-corrected chi connectivity index (χ3v) is 4.38. The van der Waals surface area contributed by atoms with Crippen LogP contribution in [0, 0.1) is 24.7 Å². The number of nitrogens with two attached hydrogens (primary N) is 2. The lowest BCUT2D eigenvalue weighted by Gasteiger charge is -2.32. The van der Waals surface area contributed by atoms with E-state index in [9.17, 15) is 0 Å². The lowest BCUT2D eigenvalue weighted by molar-refractivity contribution is 0.413. The molecule has 0 amide bonds. The largest absolute Gasteiger partial charge is 0.384 e. The summed E-state index contributed by atoms with van der Waals surface area (Å²) in [6, 6.07) is 3.61. The van der Waals surface area contributed by atoms with Crippen molar-refractivity contribution in [3.05, 3.63) is 41.5 Å². The maximum Gasteiger partial charge on any atom is 0.148 e. The van der Waals surface area contributed by atoms with Gasteiger partial charge in [0.05, 0.1) is 11.3 Å². The second kappa shape index (κ2) is 7.28. The van der Waals surface area contributed by atoms with Crippen LogP contribution in [0.2, 0.25) is 0 Å². The maximum absolute atomic E-state index is 5.78. The van der Waals surface area contributed by atoms with E-state index in [0.29, 0.717) is 11.7 Å². The molecule has 6 nitrogen and oxygen atoms in total. The van der Waals surface area contributed by atoms with Gasteiger partial charge in [0.15, 0.2) is 0 Å². The molecule has 0 saturated carbocycles. The standard InChI is InChI=1S/C18H22N6/c1-13-16(4-2-15-3-5-17(20)21-11-15)18(23-12-22-13)24-8-6-14(10-19)7-9-24/h3,5,11-12,14H,6-10,19H2,1H3,(H2,20,21). The molecule has 0 aromatic carbocycles. The fraction of sp³-hybridized carbons (Fsp3) is 0.389. The number of nitrogens with zero attached hydrogens (tertiary/aromatic N) is 4. The van der Waals surface area contributed by atoms with E-state index in [1.807, 2.05) is 13.0 Å². The van der Waals surface area contributed by atoms with Gasteiger partial charge in [-0.25, -0.2) is 15.0 Å². The zero-order valence-corrected chi connectivity index (χ0v) is 13.9. The summed E-state index contributed by atoms with van der Waals surface area (Å²) in [7, 11) is 0. The second-order valence-electron chi connectivity index (χ2n) is 6.05. The number of nitrogen functional groups attached to an aromatic ring is 1. The molecule has 1 fully saturated rings. The predicted molar refractivity (Wildman–Crippen MR) is 95.4 cm³/mol. The van der Waals surface area contributed by atoms with Gasteiger partial charge in [-0.2, -0.15) is 0 Å². The van der Waals surface area contributed by atoms with Crippen molar-refractivity contribution in [2.24, 2.45) is 11.7 Å². The minimum absolute atomic E-state index is 0.489. The van der Waals surface area contributed by atoms with E-state index >= 15 is 0 Å². The Kier molecular flexibility index (Phi) is 4.92. The summed E-state index contributed by atoms with van der Waals surface area (Å²) < 4.78 is 0. The van der Waals surface area contributed by atoms with E-state index in [1.54, 1.807) is 18.6 Å². The highest BCUT2D eigenvalue weighted by atomic mass is 15.2. The van der Waals surface area contributed by atoms with Crippen LogP contribution in [0.5, 0.6) is 0 Å². The lowest BCUT2D eigenvalue weighted by atomic mass is 9.97. The molecule has 0 aliphatic carbocycles. The molecule has 3 heterocycles. The Bertz CT molecular complexity index is 751. The Labute approximate surface area is 142 Å². The Balaban J connectivity index is 1.87. The quantitative estimate of drug-likeness (QED) is 0.810. The zero-order chi connectivity index (χ0) is 16.9. The Morgan fingerprint density at radius 2 is 1.96 bits per heavy atom. The number of aromatic nitrogens is 3. The number of piperidine rings is 1. The normalized spacial score (nSPS) is 15.0. The van der Waals surface area contributed by atoms with E-state index in [4.69, 9.17) is 11.5 Å². The van der Waals surface area contributed by atoms with Crippen molar-refractivity contribution in [3.8, 4) is 11.8 Å². The molecule has 0 radical (unpaired) electrons. The summed E-state index contributed by atoms with van der Waals surface area (Å²) in [5.41, 5.74) is 14.0. The average Bonchev–Trinajstić information content (AvgIpc) is 2.62. The zero-order valence-electron chi connectivity index (χ0n) is 13.9. The number of pyridine rings is 1. The van der Waals surface area contributed by atoms with Crippen LogP contribution in [0.3, 0.4) is 0 Å². The minimum Gasteiger partial charge on any atom is -0.384 e. The van der Waals surface area contributed by atoms with Gasteiger partial charge in [0, 0.05) is 24.8 Å². The molecule has 1 aliphatic heterocycles. The Hall–Kier alpha value is -2.65. The first-order valence-corrected chi connectivity index (χ1v) is 8.17. The summed E-state index contributed by atoms with van der Waals surface area (Å²) in [6.45, 7) is 4.63. The molecular weight excluding hydrogens is 300 g/mol. The fourth-order valence-electron chi connectivity index (χ4n) is 2.84. The van der Waals surface area contributed by atoms with Crippen molar-refractivity contribution in [1.82, 2.24) is 15.0 Å². The monoisotopic (exact) mass is 322 g/mol. The van der Waals surface area contributed by atoms with E-state index in [1.165, 1.54) is 0 Å². The van der Waals surface area contributed by atoms with Crippen LogP contribution in [-0.4, -0.2) is 34.6 Å². The molecular formula is C18H22N6. The van der Waals surface area contributed by atoms with Crippen LogP contribution >= 0.6 is 0 Å². The smallest absolute Gasteiger partial charge is 0.148 e. The van der Waals surface area contributed by atoms with Crippen molar-refractivity contribution in [3.63, 3.8) is 0 Å². The highest BCUT2D eigenvalue weighted by Gasteiger charge is 2.21. The second-order valence-corrected chi connectivity index (χ2v) is 6.05. The van der Waals surface area contributed by atoms with Crippen LogP contribution in [0.4, 0.5) is 11.6 Å². The van der Waals surface area contributed by atoms with Crippen LogP contribution in [-0.2, 0) is 0 Å². The summed E-state index contributed by atoms with van der Waals surface area (Å²) in [5, 5.41) is 0. The van der Waals surface area contributed by atoms with E-state index in [0.717, 1.165) is 55.1 Å². The molecule has 4 N–H and O–H groups in total. The summed E-state index contributed by atoms with van der Waals surface area (Å²) in [4.78, 5) is 15.1. The average molecular weight is 322 g/mol. The molecule has 2 aromatic rings. The van der Waals surface area contributed by atoms with Gasteiger partial charge in [-0.1, -0.05) is 11.8 Å². The van der Waals surface area contributed by atoms with Crippen molar-refractivity contribution in [2.75, 3.05) is 30.3 Å². The molecule has 0 bridgehead atoms. The molecule has 24 heavy (non-hydrogen) atoms. The van der Waals surface area contributed by atoms with E-state index < -0.39 is 0 Å². The molecule has 1 saturated heterocycles. The molecule has 0 unspecified atom stereocenters. The predicted octanol–water partition coefficient (Wildman–Crippen LogP) is 1.34. The first-order valence-electron chi connectivity index (χ1n) is 8.17. The summed E-state index contributed by atoms with van der Waals surface area (Å²) in [5.74, 6) is 8.36. The van der Waals surface area contributed by atoms with Crippen molar-refractivity contribution < 1.29 is 0 Å². The van der Waals surface area contributed by atoms with Crippen LogP contribution in [0.15, 0.2) is 24.7 Å². The van der Waals surface area contributed by atoms with Gasteiger partial charge in [0.1, 0.15) is 18.0 Å². The molecule has 0 atom stereocenters. The molecule has 3 rings (SSSR count). The molecule has 6 heteroatoms. The number of anilines is 2. The first-order chi connectivity index (χ1) is 11.7.